The Morgan fingerprint density at radius 1 is 1.08 bits per heavy atom. The van der Waals surface area contributed by atoms with E-state index in [0.717, 1.165) is 42.7 Å². The number of carboxylic acid groups (broad SMARTS) is 1. The highest BCUT2D eigenvalue weighted by Gasteiger charge is 2.31. The molecule has 0 bridgehead atoms. The van der Waals surface area contributed by atoms with E-state index in [9.17, 15) is 32.6 Å². The molecule has 3 aromatic carbocycles. The molecule has 1 heterocycles. The predicted molar refractivity (Wildman–Crippen MR) is 184 cm³/mol. The molecule has 266 valence electrons. The van der Waals surface area contributed by atoms with Crippen LogP contribution in [0.3, 0.4) is 0 Å². The second kappa shape index (κ2) is 17.1. The molecule has 0 unspecified atom stereocenters. The second-order valence-corrected chi connectivity index (χ2v) is 14.5. The summed E-state index contributed by atoms with van der Waals surface area (Å²) in [5.74, 6) is -1.88. The number of hydrogen-bond donors (Lipinski definition) is 3. The van der Waals surface area contributed by atoms with Crippen molar-refractivity contribution < 1.29 is 42.1 Å². The SMILES string of the molecule is C[C@@H]1CCCCO[C@H](CN(C)Cc2ccc(C(=O)O)cc2)[C@H](C)CN([C@@H](C)CO)C(=O)c2cc(NS(=O)(=O)c3ccc(F)cc3)ccc2O1. The fraction of sp³-hybridized carbons (Fsp3) is 0.444. The van der Waals surface area contributed by atoms with Gasteiger partial charge in [-0.15, -0.1) is 0 Å². The van der Waals surface area contributed by atoms with Crippen LogP contribution in [0.1, 0.15) is 66.3 Å². The van der Waals surface area contributed by atoms with Crippen molar-refractivity contribution in [3.05, 3.63) is 89.2 Å². The first-order valence-electron chi connectivity index (χ1n) is 16.4. The number of ether oxygens (including phenoxy) is 2. The van der Waals surface area contributed by atoms with Crippen LogP contribution in [0.2, 0.25) is 0 Å². The highest BCUT2D eigenvalue weighted by molar-refractivity contribution is 7.92. The average molecular weight is 700 g/mol. The minimum Gasteiger partial charge on any atom is -0.490 e. The lowest BCUT2D eigenvalue weighted by atomic mass is 10.0. The molecule has 4 atom stereocenters. The third-order valence-corrected chi connectivity index (χ3v) is 9.97. The van der Waals surface area contributed by atoms with Gasteiger partial charge in [0.15, 0.2) is 0 Å². The Morgan fingerprint density at radius 2 is 1.78 bits per heavy atom. The number of anilines is 1. The molecule has 0 aliphatic carbocycles. The highest BCUT2D eigenvalue weighted by atomic mass is 32.2. The molecule has 13 heteroatoms. The predicted octanol–water partition coefficient (Wildman–Crippen LogP) is 5.25. The number of likely N-dealkylation sites (N-methyl/N-ethyl adjacent to an activating group) is 1. The van der Waals surface area contributed by atoms with Crippen LogP contribution >= 0.6 is 0 Å². The number of carboxylic acids is 1. The summed E-state index contributed by atoms with van der Waals surface area (Å²) in [4.78, 5) is 29.1. The lowest BCUT2D eigenvalue weighted by molar-refractivity contribution is -0.0177. The first kappa shape index (κ1) is 37.8. The molecular formula is C36H46FN3O8S. The zero-order valence-corrected chi connectivity index (χ0v) is 29.2. The Balaban J connectivity index is 1.62. The molecule has 3 aromatic rings. The number of fused-ring (bicyclic) bond motifs is 1. The molecule has 0 saturated carbocycles. The van der Waals surface area contributed by atoms with E-state index in [-0.39, 0.29) is 53.0 Å². The van der Waals surface area contributed by atoms with Crippen LogP contribution in [0.5, 0.6) is 5.75 Å². The summed E-state index contributed by atoms with van der Waals surface area (Å²) in [5, 5.41) is 19.4. The molecule has 11 nitrogen and oxygen atoms in total. The minimum atomic E-state index is -4.09. The zero-order chi connectivity index (χ0) is 35.7. The van der Waals surface area contributed by atoms with Gasteiger partial charge in [0.05, 0.1) is 40.9 Å². The number of aliphatic hydroxyl groups excluding tert-OH is 1. The number of aliphatic hydroxyl groups is 1. The summed E-state index contributed by atoms with van der Waals surface area (Å²) in [6.07, 6.45) is 1.77. The van der Waals surface area contributed by atoms with E-state index in [1.165, 1.54) is 12.1 Å². The van der Waals surface area contributed by atoms with E-state index in [4.69, 9.17) is 9.47 Å². The van der Waals surface area contributed by atoms with Crippen LogP contribution in [-0.4, -0.2) is 91.9 Å². The van der Waals surface area contributed by atoms with E-state index >= 15 is 0 Å². The number of nitrogens with zero attached hydrogens (tertiary/aromatic N) is 2. The standard InChI is InChI=1S/C36H46FN3O8S/c1-24-20-40(25(2)23-41)35(42)32-19-30(38-49(45,46)31-15-12-29(37)13-16-31)14-17-33(32)48-26(3)7-5-6-18-47-34(24)22-39(4)21-27-8-10-28(11-9-27)36(43)44/h8-17,19,24-26,34,38,41H,5-7,18,20-23H2,1-4H3,(H,43,44)/t24-,25+,26-,34-/m1/s1. The number of carbonyl (C=O) groups excluding carboxylic acids is 1. The Morgan fingerprint density at radius 3 is 2.43 bits per heavy atom. The van der Waals surface area contributed by atoms with Gasteiger partial charge in [-0.05, 0) is 100 Å². The van der Waals surface area contributed by atoms with Crippen LogP contribution < -0.4 is 9.46 Å². The number of carbonyl (C=O) groups is 2. The van der Waals surface area contributed by atoms with Gasteiger partial charge < -0.3 is 24.6 Å². The number of amides is 1. The van der Waals surface area contributed by atoms with Gasteiger partial charge in [0, 0.05) is 37.8 Å². The summed E-state index contributed by atoms with van der Waals surface area (Å²) in [7, 11) is -2.14. The Hall–Kier alpha value is -4.04. The van der Waals surface area contributed by atoms with Crippen molar-refractivity contribution in [3.63, 3.8) is 0 Å². The van der Waals surface area contributed by atoms with Crippen molar-refractivity contribution in [2.24, 2.45) is 5.92 Å². The number of sulfonamides is 1. The number of nitrogens with one attached hydrogen (secondary N) is 1. The molecule has 0 spiro atoms. The van der Waals surface area contributed by atoms with Gasteiger partial charge in [0.2, 0.25) is 0 Å². The summed E-state index contributed by atoms with van der Waals surface area (Å²) >= 11 is 0. The lowest BCUT2D eigenvalue weighted by Crippen LogP contribution is -2.47. The van der Waals surface area contributed by atoms with Crippen molar-refractivity contribution in [1.82, 2.24) is 9.80 Å². The topological polar surface area (TPSA) is 146 Å². The monoisotopic (exact) mass is 699 g/mol. The van der Waals surface area contributed by atoms with Crippen molar-refractivity contribution in [2.45, 2.75) is 69.7 Å². The van der Waals surface area contributed by atoms with E-state index in [0.29, 0.717) is 31.9 Å². The normalized spacial score (nSPS) is 20.2. The first-order valence-corrected chi connectivity index (χ1v) is 17.9. The molecule has 1 aliphatic rings. The van der Waals surface area contributed by atoms with Crippen molar-refractivity contribution in [1.29, 1.82) is 0 Å². The smallest absolute Gasteiger partial charge is 0.335 e. The van der Waals surface area contributed by atoms with Gasteiger partial charge in [0.25, 0.3) is 15.9 Å². The average Bonchev–Trinajstić information content (AvgIpc) is 3.06. The molecule has 0 saturated heterocycles. The number of halogens is 1. The largest absolute Gasteiger partial charge is 0.490 e. The zero-order valence-electron chi connectivity index (χ0n) is 28.3. The van der Waals surface area contributed by atoms with Crippen molar-refractivity contribution >= 4 is 27.6 Å². The molecule has 1 aliphatic heterocycles. The maximum Gasteiger partial charge on any atom is 0.335 e. The quantitative estimate of drug-likeness (QED) is 0.258. The van der Waals surface area contributed by atoms with Crippen LogP contribution in [0.25, 0.3) is 0 Å². The van der Waals surface area contributed by atoms with Gasteiger partial charge in [-0.3, -0.25) is 14.4 Å². The molecule has 4 rings (SSSR count). The van der Waals surface area contributed by atoms with Gasteiger partial charge in [-0.25, -0.2) is 17.6 Å². The summed E-state index contributed by atoms with van der Waals surface area (Å²) in [6, 6.07) is 15.1. The van der Waals surface area contributed by atoms with Crippen LogP contribution in [0, 0.1) is 11.7 Å². The summed E-state index contributed by atoms with van der Waals surface area (Å²) in [5.41, 5.74) is 1.42. The fourth-order valence-corrected chi connectivity index (χ4v) is 6.76. The Labute approximate surface area is 287 Å². The Bertz CT molecular complexity index is 1670. The molecule has 1 amide bonds. The molecule has 0 fully saturated rings. The van der Waals surface area contributed by atoms with E-state index in [1.54, 1.807) is 42.2 Å². The van der Waals surface area contributed by atoms with Gasteiger partial charge >= 0.3 is 5.97 Å². The number of hydrogen-bond acceptors (Lipinski definition) is 8. The van der Waals surface area contributed by atoms with E-state index in [1.807, 2.05) is 20.9 Å². The van der Waals surface area contributed by atoms with Gasteiger partial charge in [-0.2, -0.15) is 0 Å². The highest BCUT2D eigenvalue weighted by Crippen LogP contribution is 2.29. The molecule has 3 N–H and O–H groups in total. The van der Waals surface area contributed by atoms with Crippen molar-refractivity contribution in [3.8, 4) is 5.75 Å². The summed E-state index contributed by atoms with van der Waals surface area (Å²) in [6.45, 7) is 7.16. The maximum absolute atomic E-state index is 14.4. The molecule has 0 radical (unpaired) electrons. The summed E-state index contributed by atoms with van der Waals surface area (Å²) < 4.78 is 54.8. The van der Waals surface area contributed by atoms with Gasteiger partial charge in [0.1, 0.15) is 11.6 Å². The minimum absolute atomic E-state index is 0.123. The maximum atomic E-state index is 14.4. The first-order chi connectivity index (χ1) is 23.3. The van der Waals surface area contributed by atoms with Crippen molar-refractivity contribution in [2.75, 3.05) is 38.1 Å². The van der Waals surface area contributed by atoms with E-state index in [2.05, 4.69) is 9.62 Å². The molecule has 49 heavy (non-hydrogen) atoms. The second-order valence-electron chi connectivity index (χ2n) is 12.8. The Kier molecular flexibility index (Phi) is 13.2. The van der Waals surface area contributed by atoms with E-state index < -0.39 is 33.8 Å². The third-order valence-electron chi connectivity index (χ3n) is 8.57. The third kappa shape index (κ3) is 10.5. The van der Waals surface area contributed by atoms with Crippen LogP contribution in [-0.2, 0) is 21.3 Å². The number of aromatic carboxylic acids is 1. The molecular weight excluding hydrogens is 653 g/mol. The van der Waals surface area contributed by atoms with Crippen LogP contribution in [0.15, 0.2) is 71.6 Å². The fourth-order valence-electron chi connectivity index (χ4n) is 5.71. The van der Waals surface area contributed by atoms with Gasteiger partial charge in [-0.1, -0.05) is 19.1 Å². The molecule has 0 aromatic heterocycles. The number of benzene rings is 3. The van der Waals surface area contributed by atoms with Crippen LogP contribution in [0.4, 0.5) is 10.1 Å². The number of rotatable bonds is 10. The lowest BCUT2D eigenvalue weighted by Gasteiger charge is -2.36.